The number of aliphatic imine (C=N–C) groups is 1. The Hall–Kier alpha value is -2.53. The fourth-order valence-corrected chi connectivity index (χ4v) is 2.74. The standard InChI is InChI=1S/C21H30N4O/c1-15(2)17-7-6-8-18(13-17)24-21(22)23-14-20(25(3)4)16-9-11-19(26-5)12-10-16/h6-13,15,20H,14H2,1-5H3,(H3,22,23,24). The second kappa shape index (κ2) is 9.25. The first-order valence-electron chi connectivity index (χ1n) is 8.88. The van der Waals surface area contributed by atoms with Crippen LogP contribution in [0.1, 0.15) is 36.9 Å². The summed E-state index contributed by atoms with van der Waals surface area (Å²) in [6, 6.07) is 16.5. The van der Waals surface area contributed by atoms with Gasteiger partial charge in [0, 0.05) is 5.69 Å². The Bertz CT molecular complexity index is 723. The SMILES string of the molecule is COc1ccc(C(CN=C(N)Nc2cccc(C(C)C)c2)N(C)C)cc1. The van der Waals surface area contributed by atoms with Crippen molar-refractivity contribution in [2.24, 2.45) is 10.7 Å². The zero-order valence-corrected chi connectivity index (χ0v) is 16.4. The Morgan fingerprint density at radius 3 is 2.38 bits per heavy atom. The molecule has 3 N–H and O–H groups in total. The van der Waals surface area contributed by atoms with Gasteiger partial charge in [-0.1, -0.05) is 38.1 Å². The summed E-state index contributed by atoms with van der Waals surface area (Å²) < 4.78 is 5.23. The van der Waals surface area contributed by atoms with Crippen molar-refractivity contribution in [3.8, 4) is 5.75 Å². The lowest BCUT2D eigenvalue weighted by Gasteiger charge is -2.23. The molecule has 0 bridgehead atoms. The van der Waals surface area contributed by atoms with Crippen molar-refractivity contribution in [1.82, 2.24) is 4.90 Å². The number of hydrogen-bond acceptors (Lipinski definition) is 3. The molecule has 26 heavy (non-hydrogen) atoms. The summed E-state index contributed by atoms with van der Waals surface area (Å²) in [4.78, 5) is 6.68. The predicted octanol–water partition coefficient (Wildman–Crippen LogP) is 3.85. The largest absolute Gasteiger partial charge is 0.497 e. The molecule has 0 saturated carbocycles. The van der Waals surface area contributed by atoms with Crippen LogP contribution in [-0.4, -0.2) is 38.6 Å². The molecule has 0 spiro atoms. The first-order valence-corrected chi connectivity index (χ1v) is 8.88. The van der Waals surface area contributed by atoms with E-state index < -0.39 is 0 Å². The number of guanidine groups is 1. The average molecular weight is 354 g/mol. The van der Waals surface area contributed by atoms with E-state index in [-0.39, 0.29) is 6.04 Å². The van der Waals surface area contributed by atoms with Gasteiger partial charge in [-0.25, -0.2) is 0 Å². The number of benzene rings is 2. The molecule has 0 aliphatic carbocycles. The minimum absolute atomic E-state index is 0.142. The van der Waals surface area contributed by atoms with E-state index in [4.69, 9.17) is 10.5 Å². The van der Waals surface area contributed by atoms with Crippen LogP contribution in [0.25, 0.3) is 0 Å². The first-order chi connectivity index (χ1) is 12.4. The molecule has 0 aromatic heterocycles. The van der Waals surface area contributed by atoms with Crippen LogP contribution in [0.2, 0.25) is 0 Å². The van der Waals surface area contributed by atoms with E-state index in [1.54, 1.807) is 7.11 Å². The second-order valence-electron chi connectivity index (χ2n) is 6.88. The third-order valence-electron chi connectivity index (χ3n) is 4.38. The van der Waals surface area contributed by atoms with Crippen molar-refractivity contribution in [2.75, 3.05) is 33.1 Å². The molecule has 0 aliphatic rings. The smallest absolute Gasteiger partial charge is 0.193 e. The highest BCUT2D eigenvalue weighted by atomic mass is 16.5. The van der Waals surface area contributed by atoms with E-state index in [0.717, 1.165) is 11.4 Å². The maximum Gasteiger partial charge on any atom is 0.193 e. The number of ether oxygens (including phenoxy) is 1. The molecule has 1 unspecified atom stereocenters. The van der Waals surface area contributed by atoms with E-state index in [9.17, 15) is 0 Å². The highest BCUT2D eigenvalue weighted by Gasteiger charge is 2.14. The van der Waals surface area contributed by atoms with Gasteiger partial charge in [-0.3, -0.25) is 4.99 Å². The van der Waals surface area contributed by atoms with Crippen LogP contribution in [0.3, 0.4) is 0 Å². The quantitative estimate of drug-likeness (QED) is 0.586. The molecule has 5 heteroatoms. The Kier molecular flexibility index (Phi) is 7.04. The van der Waals surface area contributed by atoms with Crippen LogP contribution < -0.4 is 15.8 Å². The van der Waals surface area contributed by atoms with Crippen LogP contribution in [0.5, 0.6) is 5.75 Å². The molecule has 0 aliphatic heterocycles. The van der Waals surface area contributed by atoms with E-state index in [1.807, 2.05) is 38.4 Å². The van der Waals surface area contributed by atoms with Crippen LogP contribution in [0, 0.1) is 0 Å². The molecule has 5 nitrogen and oxygen atoms in total. The third-order valence-corrected chi connectivity index (χ3v) is 4.38. The highest BCUT2D eigenvalue weighted by molar-refractivity contribution is 5.92. The van der Waals surface area contributed by atoms with Gasteiger partial charge in [0.2, 0.25) is 0 Å². The van der Waals surface area contributed by atoms with E-state index in [1.165, 1.54) is 11.1 Å². The van der Waals surface area contributed by atoms with Crippen LogP contribution in [0.15, 0.2) is 53.5 Å². The summed E-state index contributed by atoms with van der Waals surface area (Å²) in [5.41, 5.74) is 9.51. The fourth-order valence-electron chi connectivity index (χ4n) is 2.74. The molecule has 2 aromatic carbocycles. The Morgan fingerprint density at radius 2 is 1.81 bits per heavy atom. The predicted molar refractivity (Wildman–Crippen MR) is 110 cm³/mol. The van der Waals surface area contributed by atoms with Gasteiger partial charge in [0.1, 0.15) is 5.75 Å². The summed E-state index contributed by atoms with van der Waals surface area (Å²) in [5.74, 6) is 1.75. The van der Waals surface area contributed by atoms with Crippen molar-refractivity contribution in [3.63, 3.8) is 0 Å². The van der Waals surface area contributed by atoms with Gasteiger partial charge in [0.05, 0.1) is 19.7 Å². The fraction of sp³-hybridized carbons (Fsp3) is 0.381. The number of rotatable bonds is 7. The van der Waals surface area contributed by atoms with Gasteiger partial charge in [-0.15, -0.1) is 0 Å². The molecule has 0 heterocycles. The lowest BCUT2D eigenvalue weighted by molar-refractivity contribution is 0.306. The van der Waals surface area contributed by atoms with Crippen LogP contribution in [-0.2, 0) is 0 Å². The maximum atomic E-state index is 6.10. The monoisotopic (exact) mass is 354 g/mol. The number of hydrogen-bond donors (Lipinski definition) is 2. The van der Waals surface area contributed by atoms with Crippen molar-refractivity contribution in [3.05, 3.63) is 59.7 Å². The molecule has 2 rings (SSSR count). The number of nitrogens with one attached hydrogen (secondary N) is 1. The van der Waals surface area contributed by atoms with Crippen molar-refractivity contribution in [1.29, 1.82) is 0 Å². The van der Waals surface area contributed by atoms with Crippen molar-refractivity contribution in [2.45, 2.75) is 25.8 Å². The molecule has 2 aromatic rings. The number of methoxy groups -OCH3 is 1. The number of nitrogens with zero attached hydrogens (tertiary/aromatic N) is 2. The summed E-state index contributed by atoms with van der Waals surface area (Å²) in [7, 11) is 5.75. The zero-order valence-electron chi connectivity index (χ0n) is 16.4. The van der Waals surface area contributed by atoms with Crippen molar-refractivity contribution < 1.29 is 4.74 Å². The lowest BCUT2D eigenvalue weighted by atomic mass is 10.0. The maximum absolute atomic E-state index is 6.10. The Labute approximate surface area is 156 Å². The Balaban J connectivity index is 2.07. The van der Waals surface area contributed by atoms with Gasteiger partial charge >= 0.3 is 0 Å². The van der Waals surface area contributed by atoms with E-state index >= 15 is 0 Å². The van der Waals surface area contributed by atoms with Gasteiger partial charge in [-0.2, -0.15) is 0 Å². The summed E-state index contributed by atoms with van der Waals surface area (Å²) >= 11 is 0. The molecule has 0 saturated heterocycles. The molecule has 140 valence electrons. The van der Waals surface area contributed by atoms with E-state index in [2.05, 4.69) is 53.3 Å². The minimum Gasteiger partial charge on any atom is -0.497 e. The molecular weight excluding hydrogens is 324 g/mol. The Morgan fingerprint density at radius 1 is 1.12 bits per heavy atom. The highest BCUT2D eigenvalue weighted by Crippen LogP contribution is 2.22. The third kappa shape index (κ3) is 5.49. The van der Waals surface area contributed by atoms with Crippen LogP contribution in [0.4, 0.5) is 5.69 Å². The second-order valence-corrected chi connectivity index (χ2v) is 6.88. The van der Waals surface area contributed by atoms with Gasteiger partial charge in [0.25, 0.3) is 0 Å². The lowest BCUT2D eigenvalue weighted by Crippen LogP contribution is -2.27. The van der Waals surface area contributed by atoms with Gasteiger partial charge < -0.3 is 20.7 Å². The number of likely N-dealkylation sites (N-methyl/N-ethyl adjacent to an activating group) is 1. The average Bonchev–Trinajstić information content (AvgIpc) is 2.62. The zero-order chi connectivity index (χ0) is 19.1. The minimum atomic E-state index is 0.142. The molecule has 0 fully saturated rings. The summed E-state index contributed by atoms with van der Waals surface area (Å²) in [6.07, 6.45) is 0. The van der Waals surface area contributed by atoms with Gasteiger partial charge in [-0.05, 0) is 55.4 Å². The number of nitrogens with two attached hydrogens (primary N) is 1. The molecule has 0 radical (unpaired) electrons. The molecule has 0 amide bonds. The summed E-state index contributed by atoms with van der Waals surface area (Å²) in [5, 5.41) is 3.19. The van der Waals surface area contributed by atoms with Crippen LogP contribution >= 0.6 is 0 Å². The summed E-state index contributed by atoms with van der Waals surface area (Å²) in [6.45, 7) is 4.92. The molecular formula is C21H30N4O. The van der Waals surface area contributed by atoms with Gasteiger partial charge in [0.15, 0.2) is 5.96 Å². The normalized spacial score (nSPS) is 13.1. The van der Waals surface area contributed by atoms with E-state index in [0.29, 0.717) is 18.4 Å². The number of anilines is 1. The van der Waals surface area contributed by atoms with Crippen molar-refractivity contribution >= 4 is 11.6 Å². The first kappa shape index (κ1) is 19.8. The topological polar surface area (TPSA) is 62.9 Å². The molecule has 1 atom stereocenters.